The van der Waals surface area contributed by atoms with Crippen molar-refractivity contribution in [1.82, 2.24) is 9.71 Å². The van der Waals surface area contributed by atoms with Crippen LogP contribution >= 0.6 is 22.9 Å². The molecule has 2 rings (SSSR count). The molecule has 0 spiro atoms. The van der Waals surface area contributed by atoms with Crippen molar-refractivity contribution in [3.8, 4) is 0 Å². The molecule has 0 unspecified atom stereocenters. The first-order valence-corrected chi connectivity index (χ1v) is 8.09. The third kappa shape index (κ3) is 3.52. The Morgan fingerprint density at radius 2 is 2.21 bits per heavy atom. The van der Waals surface area contributed by atoms with Crippen LogP contribution < -0.4 is 4.72 Å². The molecule has 0 atom stereocenters. The molecule has 0 bridgehead atoms. The summed E-state index contributed by atoms with van der Waals surface area (Å²) in [6.45, 7) is -0.101. The number of sulfonamides is 1. The van der Waals surface area contributed by atoms with Gasteiger partial charge in [0.2, 0.25) is 10.0 Å². The van der Waals surface area contributed by atoms with Gasteiger partial charge in [-0.3, -0.25) is 0 Å². The van der Waals surface area contributed by atoms with E-state index in [1.807, 2.05) is 0 Å². The maximum atomic E-state index is 12.0. The van der Waals surface area contributed by atoms with E-state index in [0.29, 0.717) is 11.3 Å². The molecule has 2 aromatic rings. The SMILES string of the molecule is O=S(=O)(NCc1cscn1)c1ccc(CO)c(Cl)c1. The lowest BCUT2D eigenvalue weighted by Crippen LogP contribution is -2.23. The first-order chi connectivity index (χ1) is 9.03. The van der Waals surface area contributed by atoms with Crippen LogP contribution in [0.15, 0.2) is 34.0 Å². The van der Waals surface area contributed by atoms with E-state index in [-0.39, 0.29) is 23.1 Å². The van der Waals surface area contributed by atoms with Gasteiger partial charge in [0.05, 0.1) is 29.3 Å². The molecule has 2 N–H and O–H groups in total. The van der Waals surface area contributed by atoms with E-state index in [9.17, 15) is 8.42 Å². The molecular formula is C11H11ClN2O3S2. The second-order valence-electron chi connectivity index (χ2n) is 3.72. The van der Waals surface area contributed by atoms with Gasteiger partial charge in [0.25, 0.3) is 0 Å². The highest BCUT2D eigenvalue weighted by Gasteiger charge is 2.15. The van der Waals surface area contributed by atoms with Gasteiger partial charge in [-0.15, -0.1) is 11.3 Å². The van der Waals surface area contributed by atoms with Crippen molar-refractivity contribution in [1.29, 1.82) is 0 Å². The molecule has 19 heavy (non-hydrogen) atoms. The van der Waals surface area contributed by atoms with Gasteiger partial charge in [-0.05, 0) is 17.7 Å². The zero-order valence-corrected chi connectivity index (χ0v) is 12.1. The topological polar surface area (TPSA) is 79.3 Å². The summed E-state index contributed by atoms with van der Waals surface area (Å²) >= 11 is 7.27. The van der Waals surface area contributed by atoms with E-state index < -0.39 is 10.0 Å². The molecule has 1 aromatic heterocycles. The van der Waals surface area contributed by atoms with E-state index >= 15 is 0 Å². The molecule has 0 saturated carbocycles. The maximum absolute atomic E-state index is 12.0. The minimum Gasteiger partial charge on any atom is -0.392 e. The first-order valence-electron chi connectivity index (χ1n) is 5.29. The Kier molecular flexibility index (Phi) is 4.54. The molecule has 8 heteroatoms. The quantitative estimate of drug-likeness (QED) is 0.880. The summed E-state index contributed by atoms with van der Waals surface area (Å²) in [6, 6.07) is 4.21. The number of aliphatic hydroxyl groups excluding tert-OH is 1. The van der Waals surface area contributed by atoms with Gasteiger partial charge in [0.15, 0.2) is 0 Å². The monoisotopic (exact) mass is 318 g/mol. The number of nitrogens with zero attached hydrogens (tertiary/aromatic N) is 1. The van der Waals surface area contributed by atoms with Gasteiger partial charge in [0, 0.05) is 10.4 Å². The van der Waals surface area contributed by atoms with E-state index in [1.54, 1.807) is 10.9 Å². The summed E-state index contributed by atoms with van der Waals surface area (Å²) in [5, 5.41) is 11.0. The highest BCUT2D eigenvalue weighted by molar-refractivity contribution is 7.89. The van der Waals surface area contributed by atoms with Crippen molar-refractivity contribution in [3.05, 3.63) is 45.4 Å². The van der Waals surface area contributed by atoms with Crippen molar-refractivity contribution in [2.45, 2.75) is 18.0 Å². The van der Waals surface area contributed by atoms with Crippen molar-refractivity contribution >= 4 is 33.0 Å². The highest BCUT2D eigenvalue weighted by atomic mass is 35.5. The molecule has 1 aromatic carbocycles. The Labute approximate surface area is 119 Å². The third-order valence-corrected chi connectivity index (χ3v) is 4.82. The Hall–Kier alpha value is -0.990. The number of thiazole rings is 1. The van der Waals surface area contributed by atoms with Crippen LogP contribution in [0.25, 0.3) is 0 Å². The number of aliphatic hydroxyl groups is 1. The van der Waals surface area contributed by atoms with Crippen LogP contribution in [0.1, 0.15) is 11.3 Å². The Morgan fingerprint density at radius 1 is 1.42 bits per heavy atom. The Bertz CT molecular complexity index is 657. The molecule has 102 valence electrons. The molecular weight excluding hydrogens is 308 g/mol. The lowest BCUT2D eigenvalue weighted by atomic mass is 10.2. The number of benzene rings is 1. The van der Waals surface area contributed by atoms with Crippen LogP contribution in [0.2, 0.25) is 5.02 Å². The fourth-order valence-electron chi connectivity index (χ4n) is 1.40. The van der Waals surface area contributed by atoms with Crippen molar-refractivity contribution < 1.29 is 13.5 Å². The van der Waals surface area contributed by atoms with Gasteiger partial charge in [-0.1, -0.05) is 17.7 Å². The summed E-state index contributed by atoms with van der Waals surface area (Å²) in [5.41, 5.74) is 2.78. The fraction of sp³-hybridized carbons (Fsp3) is 0.182. The molecule has 0 radical (unpaired) electrons. The van der Waals surface area contributed by atoms with Crippen molar-refractivity contribution in [2.75, 3.05) is 0 Å². The summed E-state index contributed by atoms with van der Waals surface area (Å²) in [4.78, 5) is 4.05. The maximum Gasteiger partial charge on any atom is 0.240 e. The minimum absolute atomic E-state index is 0.0601. The minimum atomic E-state index is -3.64. The summed E-state index contributed by atoms with van der Waals surface area (Å²) in [5.74, 6) is 0. The molecule has 0 aliphatic heterocycles. The zero-order chi connectivity index (χ0) is 13.9. The predicted octanol–water partition coefficient (Wildman–Crippen LogP) is 1.77. The van der Waals surface area contributed by atoms with Crippen LogP contribution in [0.3, 0.4) is 0 Å². The fourth-order valence-corrected chi connectivity index (χ4v) is 3.29. The molecule has 0 saturated heterocycles. The smallest absolute Gasteiger partial charge is 0.240 e. The normalized spacial score (nSPS) is 11.7. The average molecular weight is 319 g/mol. The highest BCUT2D eigenvalue weighted by Crippen LogP contribution is 2.21. The van der Waals surface area contributed by atoms with Crippen LogP contribution in [0, 0.1) is 0 Å². The zero-order valence-electron chi connectivity index (χ0n) is 9.71. The van der Waals surface area contributed by atoms with Gasteiger partial charge in [-0.2, -0.15) is 0 Å². The number of halogens is 1. The number of hydrogen-bond acceptors (Lipinski definition) is 5. The average Bonchev–Trinajstić information content (AvgIpc) is 2.89. The summed E-state index contributed by atoms with van der Waals surface area (Å²) in [6.07, 6.45) is 0. The molecule has 0 aliphatic carbocycles. The van der Waals surface area contributed by atoms with E-state index in [2.05, 4.69) is 9.71 Å². The number of hydrogen-bond donors (Lipinski definition) is 2. The van der Waals surface area contributed by atoms with Crippen LogP contribution in [0.5, 0.6) is 0 Å². The molecule has 0 fully saturated rings. The number of nitrogens with one attached hydrogen (secondary N) is 1. The van der Waals surface area contributed by atoms with Crippen molar-refractivity contribution in [2.24, 2.45) is 0 Å². The molecule has 0 aliphatic rings. The molecule has 5 nitrogen and oxygen atoms in total. The van der Waals surface area contributed by atoms with E-state index in [4.69, 9.17) is 16.7 Å². The predicted molar refractivity (Wildman–Crippen MR) is 73.5 cm³/mol. The third-order valence-electron chi connectivity index (χ3n) is 2.43. The molecule has 1 heterocycles. The first kappa shape index (κ1) is 14.4. The second-order valence-corrected chi connectivity index (χ2v) is 6.61. The number of aromatic nitrogens is 1. The van der Waals surface area contributed by atoms with E-state index in [0.717, 1.165) is 0 Å². The largest absolute Gasteiger partial charge is 0.392 e. The standard InChI is InChI=1S/C11H11ClN2O3S2/c12-11-3-10(2-1-8(11)5-15)19(16,17)14-4-9-6-18-7-13-9/h1-3,6-7,14-15H,4-5H2. The van der Waals surface area contributed by atoms with Gasteiger partial charge in [-0.25, -0.2) is 18.1 Å². The molecule has 0 amide bonds. The van der Waals surface area contributed by atoms with Gasteiger partial charge >= 0.3 is 0 Å². The van der Waals surface area contributed by atoms with Gasteiger partial charge in [0.1, 0.15) is 0 Å². The Balaban J connectivity index is 2.17. The van der Waals surface area contributed by atoms with Crippen LogP contribution in [-0.2, 0) is 23.2 Å². The second kappa shape index (κ2) is 5.98. The van der Waals surface area contributed by atoms with E-state index in [1.165, 1.54) is 29.5 Å². The van der Waals surface area contributed by atoms with Crippen LogP contribution in [0.4, 0.5) is 0 Å². The summed E-state index contributed by atoms with van der Waals surface area (Å²) in [7, 11) is -3.64. The number of rotatable bonds is 5. The van der Waals surface area contributed by atoms with Gasteiger partial charge < -0.3 is 5.11 Å². The lowest BCUT2D eigenvalue weighted by molar-refractivity contribution is 0.282. The lowest BCUT2D eigenvalue weighted by Gasteiger charge is -2.07. The van der Waals surface area contributed by atoms with Crippen LogP contribution in [-0.4, -0.2) is 18.5 Å². The van der Waals surface area contributed by atoms with Crippen molar-refractivity contribution in [3.63, 3.8) is 0 Å². The Morgan fingerprint density at radius 3 is 2.79 bits per heavy atom. The summed E-state index contributed by atoms with van der Waals surface area (Å²) < 4.78 is 26.5.